The zero-order valence-corrected chi connectivity index (χ0v) is 27.3. The molecule has 0 spiro atoms. The molecule has 1 aliphatic heterocycles. The molecule has 0 N–H and O–H groups in total. The fraction of sp³-hybridized carbons (Fsp3) is 0.0952. The molecule has 7 rings (SSSR count). The molecule has 5 heteroatoms. The van der Waals surface area contributed by atoms with Crippen LogP contribution in [0.3, 0.4) is 0 Å². The van der Waals surface area contributed by atoms with Gasteiger partial charge in [-0.1, -0.05) is 117 Å². The number of anilines is 1. The van der Waals surface area contributed by atoms with Gasteiger partial charge in [-0.15, -0.1) is 0 Å². The lowest BCUT2D eigenvalue weighted by atomic mass is 10.1. The Morgan fingerprint density at radius 1 is 0.638 bits per heavy atom. The maximum atomic E-state index is 14.4. The second kappa shape index (κ2) is 13.5. The third kappa shape index (κ3) is 6.23. The normalized spacial score (nSPS) is 14.8. The summed E-state index contributed by atoms with van der Waals surface area (Å²) in [5, 5.41) is 0.641. The molecule has 0 aliphatic carbocycles. The Hall–Kier alpha value is -5.39. The van der Waals surface area contributed by atoms with Gasteiger partial charge in [0.05, 0.1) is 27.7 Å². The molecular formula is C42H35N3OS. The molecule has 47 heavy (non-hydrogen) atoms. The van der Waals surface area contributed by atoms with Gasteiger partial charge in [0.1, 0.15) is 0 Å². The molecule has 1 aliphatic rings. The van der Waals surface area contributed by atoms with Crippen LogP contribution in [0.25, 0.3) is 34.3 Å². The van der Waals surface area contributed by atoms with Gasteiger partial charge in [-0.3, -0.25) is 9.69 Å². The molecule has 0 bridgehead atoms. The highest BCUT2D eigenvalue weighted by Crippen LogP contribution is 2.41. The van der Waals surface area contributed by atoms with Gasteiger partial charge < -0.3 is 4.57 Å². The Morgan fingerprint density at radius 3 is 1.79 bits per heavy atom. The smallest absolute Gasteiger partial charge is 0.271 e. The number of hydrogen-bond acceptors (Lipinski definition) is 3. The first kappa shape index (κ1) is 30.3. The van der Waals surface area contributed by atoms with Crippen LogP contribution >= 0.6 is 11.8 Å². The zero-order valence-electron chi connectivity index (χ0n) is 26.5. The van der Waals surface area contributed by atoms with Crippen LogP contribution < -0.4 is 4.90 Å². The van der Waals surface area contributed by atoms with E-state index >= 15 is 0 Å². The third-order valence-corrected chi connectivity index (χ3v) is 9.40. The van der Waals surface area contributed by atoms with Crippen LogP contribution in [0.5, 0.6) is 0 Å². The molecular weight excluding hydrogens is 595 g/mol. The number of benzene rings is 5. The number of thioether (sulfide) groups is 1. The van der Waals surface area contributed by atoms with Crippen LogP contribution in [-0.4, -0.2) is 15.6 Å². The Kier molecular flexibility index (Phi) is 8.72. The lowest BCUT2D eigenvalue weighted by Gasteiger charge is -2.16. The summed E-state index contributed by atoms with van der Waals surface area (Å²) >= 11 is 1.42. The summed E-state index contributed by atoms with van der Waals surface area (Å²) in [7, 11) is 0. The summed E-state index contributed by atoms with van der Waals surface area (Å²) in [6, 6.07) is 49.9. The van der Waals surface area contributed by atoms with E-state index in [0.29, 0.717) is 10.1 Å². The molecule has 4 nitrogen and oxygen atoms in total. The largest absolute Gasteiger partial charge is 0.309 e. The van der Waals surface area contributed by atoms with Crippen LogP contribution in [0.2, 0.25) is 0 Å². The quantitative estimate of drug-likeness (QED) is 0.157. The molecule has 5 aromatic carbocycles. The van der Waals surface area contributed by atoms with E-state index in [2.05, 4.69) is 122 Å². The topological polar surface area (TPSA) is 37.6 Å². The van der Waals surface area contributed by atoms with Gasteiger partial charge in [-0.2, -0.15) is 0 Å². The average Bonchev–Trinajstić information content (AvgIpc) is 3.66. The number of nitrogens with zero attached hydrogens (tertiary/aromatic N) is 3. The number of rotatable bonds is 8. The highest BCUT2D eigenvalue weighted by molar-refractivity contribution is 8.19. The summed E-state index contributed by atoms with van der Waals surface area (Å²) in [5.41, 5.74) is 10.4. The molecule has 6 aromatic rings. The summed E-state index contributed by atoms with van der Waals surface area (Å²) in [6.07, 6.45) is 3.94. The van der Waals surface area contributed by atoms with E-state index in [1.54, 1.807) is 4.90 Å². The minimum Gasteiger partial charge on any atom is -0.309 e. The molecule has 230 valence electrons. The van der Waals surface area contributed by atoms with Crippen molar-refractivity contribution in [3.8, 4) is 28.2 Å². The van der Waals surface area contributed by atoms with Gasteiger partial charge >= 0.3 is 0 Å². The number of aryl methyl sites for hydroxylation is 2. The van der Waals surface area contributed by atoms with Gasteiger partial charge in [-0.05, 0) is 95.4 Å². The number of hydrogen-bond donors (Lipinski definition) is 0. The average molecular weight is 630 g/mol. The van der Waals surface area contributed by atoms with Crippen molar-refractivity contribution in [1.29, 1.82) is 0 Å². The second-order valence-electron chi connectivity index (χ2n) is 11.4. The number of aliphatic imine (C=N–C) groups is 1. The van der Waals surface area contributed by atoms with Crippen LogP contribution in [0.4, 0.5) is 11.4 Å². The standard InChI is InChI=1S/C42H35N3OS/c1-3-30-20-24-35(25-21-30)43-42-45(37-26-22-31(4-2)23-27-37)41(46)39(47-42)29-34-28-38(32-14-8-5-9-15-32)44(36-18-12-7-13-19-36)40(34)33-16-10-6-11-17-33/h5-29H,3-4H2,1-2H3/b39-29+,43-42?. The van der Waals surface area contributed by atoms with E-state index in [4.69, 9.17) is 4.99 Å². The maximum Gasteiger partial charge on any atom is 0.271 e. The molecule has 0 saturated carbocycles. The van der Waals surface area contributed by atoms with E-state index in [1.165, 1.54) is 22.9 Å². The van der Waals surface area contributed by atoms with Crippen molar-refractivity contribution in [3.05, 3.63) is 167 Å². The summed E-state index contributed by atoms with van der Waals surface area (Å²) in [6.45, 7) is 4.28. The van der Waals surface area contributed by atoms with Gasteiger partial charge in [0.25, 0.3) is 5.91 Å². The van der Waals surface area contributed by atoms with Gasteiger partial charge in [0.2, 0.25) is 0 Å². The fourth-order valence-corrected chi connectivity index (χ4v) is 6.91. The molecule has 1 aromatic heterocycles. The summed E-state index contributed by atoms with van der Waals surface area (Å²) in [5.74, 6) is -0.0871. The lowest BCUT2D eigenvalue weighted by Crippen LogP contribution is -2.28. The highest BCUT2D eigenvalue weighted by Gasteiger charge is 2.35. The predicted molar refractivity (Wildman–Crippen MR) is 198 cm³/mol. The maximum absolute atomic E-state index is 14.4. The van der Waals surface area contributed by atoms with Crippen molar-refractivity contribution in [2.75, 3.05) is 4.90 Å². The molecule has 0 radical (unpaired) electrons. The van der Waals surface area contributed by atoms with Crippen LogP contribution in [-0.2, 0) is 17.6 Å². The fourth-order valence-electron chi connectivity index (χ4n) is 5.91. The first-order chi connectivity index (χ1) is 23.1. The van der Waals surface area contributed by atoms with Crippen molar-refractivity contribution >= 4 is 40.3 Å². The minimum absolute atomic E-state index is 0.0871. The minimum atomic E-state index is -0.0871. The second-order valence-corrected chi connectivity index (χ2v) is 12.4. The number of amides is 1. The molecule has 1 saturated heterocycles. The Bertz CT molecular complexity index is 2060. The number of amidine groups is 1. The third-order valence-electron chi connectivity index (χ3n) is 8.43. The van der Waals surface area contributed by atoms with E-state index in [1.807, 2.05) is 48.5 Å². The lowest BCUT2D eigenvalue weighted by molar-refractivity contribution is -0.113. The molecule has 0 unspecified atom stereocenters. The van der Waals surface area contributed by atoms with E-state index in [-0.39, 0.29) is 5.91 Å². The van der Waals surface area contributed by atoms with Crippen molar-refractivity contribution in [2.24, 2.45) is 4.99 Å². The molecule has 2 heterocycles. The molecule has 1 fully saturated rings. The van der Waals surface area contributed by atoms with Crippen molar-refractivity contribution in [2.45, 2.75) is 26.7 Å². The Morgan fingerprint density at radius 2 is 1.19 bits per heavy atom. The van der Waals surface area contributed by atoms with Gasteiger partial charge in [0, 0.05) is 11.3 Å². The van der Waals surface area contributed by atoms with Crippen molar-refractivity contribution in [3.63, 3.8) is 0 Å². The predicted octanol–water partition coefficient (Wildman–Crippen LogP) is 10.7. The number of carbonyl (C=O) groups is 1. The van der Waals surface area contributed by atoms with Crippen molar-refractivity contribution < 1.29 is 4.79 Å². The van der Waals surface area contributed by atoms with Crippen LogP contribution in [0.1, 0.15) is 30.5 Å². The van der Waals surface area contributed by atoms with Gasteiger partial charge in [-0.25, -0.2) is 4.99 Å². The van der Waals surface area contributed by atoms with Crippen molar-refractivity contribution in [1.82, 2.24) is 4.57 Å². The van der Waals surface area contributed by atoms with E-state index < -0.39 is 0 Å². The number of carbonyl (C=O) groups excluding carboxylic acids is 1. The van der Waals surface area contributed by atoms with E-state index in [9.17, 15) is 4.79 Å². The summed E-state index contributed by atoms with van der Waals surface area (Å²) in [4.78, 5) is 21.8. The molecule has 1 amide bonds. The molecule has 0 atom stereocenters. The first-order valence-corrected chi connectivity index (χ1v) is 16.9. The first-order valence-electron chi connectivity index (χ1n) is 16.1. The van der Waals surface area contributed by atoms with Crippen LogP contribution in [0, 0.1) is 0 Å². The number of para-hydroxylation sites is 1. The number of aromatic nitrogens is 1. The van der Waals surface area contributed by atoms with Crippen LogP contribution in [0.15, 0.2) is 155 Å². The van der Waals surface area contributed by atoms with E-state index in [0.717, 1.165) is 58.0 Å². The Balaban J connectivity index is 1.41. The highest BCUT2D eigenvalue weighted by atomic mass is 32.2. The van der Waals surface area contributed by atoms with Gasteiger partial charge in [0.15, 0.2) is 5.17 Å². The monoisotopic (exact) mass is 629 g/mol. The zero-order chi connectivity index (χ0) is 32.2. The SMILES string of the molecule is CCc1ccc(N=C2S/C(=C/c3cc(-c4ccccc4)n(-c4ccccc4)c3-c3ccccc3)C(=O)N2c2ccc(CC)cc2)cc1. The summed E-state index contributed by atoms with van der Waals surface area (Å²) < 4.78 is 2.30. The Labute approximate surface area is 280 Å².